The average Bonchev–Trinajstić information content (AvgIpc) is 3.18. The van der Waals surface area contributed by atoms with Gasteiger partial charge in [-0.3, -0.25) is 9.78 Å². The highest BCUT2D eigenvalue weighted by Gasteiger charge is 2.43. The van der Waals surface area contributed by atoms with Crippen LogP contribution in [-0.2, 0) is 20.8 Å². The summed E-state index contributed by atoms with van der Waals surface area (Å²) in [7, 11) is 0. The summed E-state index contributed by atoms with van der Waals surface area (Å²) in [6.45, 7) is 4.61. The lowest BCUT2D eigenvalue weighted by Gasteiger charge is -2.21. The van der Waals surface area contributed by atoms with Gasteiger partial charge in [-0.25, -0.2) is 0 Å². The van der Waals surface area contributed by atoms with Crippen LogP contribution in [0.4, 0.5) is 0 Å². The molecule has 1 fully saturated rings. The Morgan fingerprint density at radius 1 is 1.27 bits per heavy atom. The Labute approximate surface area is 178 Å². The molecule has 2 unspecified atom stereocenters. The van der Waals surface area contributed by atoms with Gasteiger partial charge in [-0.05, 0) is 69.1 Å². The number of hydrogen-bond acceptors (Lipinski definition) is 6. The molecule has 3 rings (SSSR count). The fourth-order valence-corrected chi connectivity index (χ4v) is 3.86. The Balaban J connectivity index is 1.49. The van der Waals surface area contributed by atoms with Crippen LogP contribution in [0.25, 0.3) is 0 Å². The Morgan fingerprint density at radius 3 is 2.77 bits per heavy atom. The van der Waals surface area contributed by atoms with E-state index in [2.05, 4.69) is 22.3 Å². The molecule has 6 heteroatoms. The first kappa shape index (κ1) is 22.0. The molecule has 2 atom stereocenters. The van der Waals surface area contributed by atoms with Gasteiger partial charge in [0.25, 0.3) is 0 Å². The zero-order valence-electron chi connectivity index (χ0n) is 17.8. The molecule has 0 amide bonds. The topological polar surface area (TPSA) is 86.8 Å². The van der Waals surface area contributed by atoms with Crippen molar-refractivity contribution >= 4 is 11.7 Å². The summed E-state index contributed by atoms with van der Waals surface area (Å²) in [5.74, 6) is -0.0862. The van der Waals surface area contributed by atoms with E-state index in [0.717, 1.165) is 36.2 Å². The van der Waals surface area contributed by atoms with Crippen LogP contribution in [0.3, 0.4) is 0 Å². The number of carbonyl (C=O) groups is 1. The van der Waals surface area contributed by atoms with Crippen LogP contribution in [0.2, 0.25) is 0 Å². The van der Waals surface area contributed by atoms with Gasteiger partial charge in [0, 0.05) is 6.20 Å². The van der Waals surface area contributed by atoms with Gasteiger partial charge in [0.15, 0.2) is 0 Å². The van der Waals surface area contributed by atoms with Crippen molar-refractivity contribution in [3.8, 4) is 0 Å². The molecule has 1 heterocycles. The van der Waals surface area contributed by atoms with Crippen LogP contribution in [0.1, 0.15) is 62.3 Å². The summed E-state index contributed by atoms with van der Waals surface area (Å²) < 4.78 is 5.13. The smallest absolute Gasteiger partial charge is 0.326 e. The summed E-state index contributed by atoms with van der Waals surface area (Å²) in [6.07, 6.45) is 5.81. The third-order valence-electron chi connectivity index (χ3n) is 5.61. The number of nitrogens with two attached hydrogens (primary N) is 1. The minimum Gasteiger partial charge on any atom is -0.465 e. The molecule has 0 radical (unpaired) electrons. The quantitative estimate of drug-likeness (QED) is 0.293. The van der Waals surface area contributed by atoms with E-state index in [0.29, 0.717) is 26.1 Å². The number of rotatable bonds is 9. The Hall–Kier alpha value is -2.73. The van der Waals surface area contributed by atoms with Crippen molar-refractivity contribution in [2.45, 2.75) is 57.4 Å². The molecule has 0 saturated heterocycles. The fourth-order valence-electron chi connectivity index (χ4n) is 3.86. The molecule has 0 bridgehead atoms. The Kier molecular flexibility index (Phi) is 7.57. The van der Waals surface area contributed by atoms with Crippen molar-refractivity contribution < 1.29 is 14.4 Å². The van der Waals surface area contributed by atoms with Gasteiger partial charge in [0.2, 0.25) is 0 Å². The van der Waals surface area contributed by atoms with E-state index in [9.17, 15) is 4.79 Å². The molecule has 1 aromatic carbocycles. The number of hydrogen-bond donors (Lipinski definition) is 1. The molecular weight excluding hydrogens is 378 g/mol. The molecule has 1 aliphatic carbocycles. The van der Waals surface area contributed by atoms with Crippen molar-refractivity contribution in [2.24, 2.45) is 10.9 Å². The molecule has 0 spiro atoms. The van der Waals surface area contributed by atoms with E-state index >= 15 is 0 Å². The minimum absolute atomic E-state index is 0.215. The predicted molar refractivity (Wildman–Crippen MR) is 117 cm³/mol. The first-order valence-electron chi connectivity index (χ1n) is 10.6. The van der Waals surface area contributed by atoms with Crippen molar-refractivity contribution in [3.63, 3.8) is 0 Å². The Bertz CT molecular complexity index is 852. The molecule has 2 aromatic rings. The second-order valence-electron chi connectivity index (χ2n) is 7.89. The number of oxime groups is 1. The van der Waals surface area contributed by atoms with E-state index in [1.807, 2.05) is 43.5 Å². The number of aryl methyl sites for hydroxylation is 1. The summed E-state index contributed by atoms with van der Waals surface area (Å²) in [4.78, 5) is 22.1. The van der Waals surface area contributed by atoms with Crippen LogP contribution in [0.5, 0.6) is 0 Å². The van der Waals surface area contributed by atoms with Gasteiger partial charge < -0.3 is 15.3 Å². The number of nitrogens with zero attached hydrogens (tertiary/aromatic N) is 2. The number of benzene rings is 1. The monoisotopic (exact) mass is 409 g/mol. The largest absolute Gasteiger partial charge is 0.465 e. The van der Waals surface area contributed by atoms with Gasteiger partial charge in [0.1, 0.15) is 17.9 Å². The van der Waals surface area contributed by atoms with Crippen LogP contribution in [0.15, 0.2) is 53.8 Å². The van der Waals surface area contributed by atoms with E-state index < -0.39 is 5.54 Å². The molecule has 1 aromatic heterocycles. The number of esters is 1. The molecule has 30 heavy (non-hydrogen) atoms. The van der Waals surface area contributed by atoms with Gasteiger partial charge >= 0.3 is 5.97 Å². The van der Waals surface area contributed by atoms with Crippen LogP contribution >= 0.6 is 0 Å². The lowest BCUT2D eigenvalue weighted by Crippen LogP contribution is -2.46. The summed E-state index contributed by atoms with van der Waals surface area (Å²) in [5.41, 5.74) is 9.31. The predicted octanol–water partition coefficient (Wildman–Crippen LogP) is 3.98. The first-order chi connectivity index (χ1) is 14.5. The second-order valence-corrected chi connectivity index (χ2v) is 7.89. The third kappa shape index (κ3) is 5.66. The van der Waals surface area contributed by atoms with Crippen molar-refractivity contribution in [3.05, 3.63) is 65.5 Å². The summed E-state index contributed by atoms with van der Waals surface area (Å²) in [5, 5.41) is 4.19. The number of pyridine rings is 1. The lowest BCUT2D eigenvalue weighted by atomic mass is 9.94. The maximum atomic E-state index is 12.1. The van der Waals surface area contributed by atoms with Gasteiger partial charge in [-0.15, -0.1) is 0 Å². The lowest BCUT2D eigenvalue weighted by molar-refractivity contribution is -0.149. The van der Waals surface area contributed by atoms with Gasteiger partial charge in [-0.1, -0.05) is 41.6 Å². The van der Waals surface area contributed by atoms with Crippen molar-refractivity contribution in [1.29, 1.82) is 0 Å². The van der Waals surface area contributed by atoms with Crippen molar-refractivity contribution in [2.75, 3.05) is 13.2 Å². The standard InChI is InChI=1S/C24H31N3O3/c1-3-29-23(28)24(25)14-13-20(16-24)21-11-12-22(26-17-21)18(2)27-30-15-7-10-19-8-5-4-6-9-19/h4-6,8-9,11-12,17,20H,3,7,10,13-16,25H2,1-2H3. The highest BCUT2D eigenvalue weighted by atomic mass is 16.6. The highest BCUT2D eigenvalue weighted by molar-refractivity contribution is 5.96. The minimum atomic E-state index is -0.885. The Morgan fingerprint density at radius 2 is 2.07 bits per heavy atom. The van der Waals surface area contributed by atoms with Crippen LogP contribution in [-0.4, -0.2) is 35.4 Å². The van der Waals surface area contributed by atoms with E-state index in [4.69, 9.17) is 15.3 Å². The fraction of sp³-hybridized carbons (Fsp3) is 0.458. The molecule has 2 N–H and O–H groups in total. The number of carbonyl (C=O) groups excluding carboxylic acids is 1. The average molecular weight is 410 g/mol. The maximum Gasteiger partial charge on any atom is 0.326 e. The summed E-state index contributed by atoms with van der Waals surface area (Å²) >= 11 is 0. The molecular formula is C24H31N3O3. The van der Waals surface area contributed by atoms with Crippen molar-refractivity contribution in [1.82, 2.24) is 4.98 Å². The highest BCUT2D eigenvalue weighted by Crippen LogP contribution is 2.40. The van der Waals surface area contributed by atoms with E-state index in [1.54, 1.807) is 6.92 Å². The SMILES string of the molecule is CCOC(=O)C1(N)CCC(c2ccc(C(C)=NOCCCc3ccccc3)nc2)C1. The summed E-state index contributed by atoms with van der Waals surface area (Å²) in [6, 6.07) is 14.3. The van der Waals surface area contributed by atoms with Gasteiger partial charge in [-0.2, -0.15) is 0 Å². The zero-order valence-corrected chi connectivity index (χ0v) is 17.8. The number of ether oxygens (including phenoxy) is 1. The number of aromatic nitrogens is 1. The first-order valence-corrected chi connectivity index (χ1v) is 10.6. The molecule has 1 saturated carbocycles. The molecule has 160 valence electrons. The maximum absolute atomic E-state index is 12.1. The second kappa shape index (κ2) is 10.3. The van der Waals surface area contributed by atoms with E-state index in [1.165, 1.54) is 5.56 Å². The zero-order chi connectivity index (χ0) is 21.4. The molecule has 0 aliphatic heterocycles. The van der Waals surface area contributed by atoms with Crippen LogP contribution < -0.4 is 5.73 Å². The van der Waals surface area contributed by atoms with Crippen LogP contribution in [0, 0.1) is 0 Å². The normalized spacial score (nSPS) is 21.4. The third-order valence-corrected chi connectivity index (χ3v) is 5.61. The van der Waals surface area contributed by atoms with Gasteiger partial charge in [0.05, 0.1) is 12.3 Å². The molecule has 1 aliphatic rings. The molecule has 6 nitrogen and oxygen atoms in total. The van der Waals surface area contributed by atoms with E-state index in [-0.39, 0.29) is 11.9 Å².